The second kappa shape index (κ2) is 3.52. The van der Waals surface area contributed by atoms with Gasteiger partial charge in [0.15, 0.2) is 0 Å². The van der Waals surface area contributed by atoms with Crippen molar-refractivity contribution in [3.63, 3.8) is 0 Å². The molecule has 3 rings (SSSR count). The third-order valence-electron chi connectivity index (χ3n) is 6.46. The van der Waals surface area contributed by atoms with E-state index in [0.717, 1.165) is 12.3 Å². The van der Waals surface area contributed by atoms with Gasteiger partial charge in [0.2, 0.25) is 0 Å². The van der Waals surface area contributed by atoms with Crippen molar-refractivity contribution < 1.29 is 9.53 Å². The van der Waals surface area contributed by atoms with Gasteiger partial charge in [-0.3, -0.25) is 4.79 Å². The van der Waals surface area contributed by atoms with E-state index in [1.807, 2.05) is 0 Å². The Morgan fingerprint density at radius 2 is 1.78 bits per heavy atom. The maximum Gasteiger partial charge on any atom is 0.306 e. The quantitative estimate of drug-likeness (QED) is 0.609. The topological polar surface area (TPSA) is 26.3 Å². The summed E-state index contributed by atoms with van der Waals surface area (Å²) in [6, 6.07) is 0. The van der Waals surface area contributed by atoms with E-state index >= 15 is 0 Å². The highest BCUT2D eigenvalue weighted by atomic mass is 16.6. The summed E-state index contributed by atoms with van der Waals surface area (Å²) in [6.07, 6.45) is 6.86. The molecule has 2 nitrogen and oxygen atoms in total. The van der Waals surface area contributed by atoms with Gasteiger partial charge in [-0.25, -0.2) is 0 Å². The van der Waals surface area contributed by atoms with Crippen LogP contribution in [-0.4, -0.2) is 11.6 Å². The Bertz CT molecular complexity index is 387. The molecule has 3 fully saturated rings. The van der Waals surface area contributed by atoms with E-state index in [-0.39, 0.29) is 11.6 Å². The van der Waals surface area contributed by atoms with E-state index in [0.29, 0.717) is 23.2 Å². The molecule has 0 aromatic carbocycles. The predicted octanol–water partition coefficient (Wildman–Crippen LogP) is 3.93. The zero-order chi connectivity index (χ0) is 13.2. The van der Waals surface area contributed by atoms with Crippen LogP contribution in [0.1, 0.15) is 66.2 Å². The van der Waals surface area contributed by atoms with Crippen LogP contribution in [0, 0.1) is 22.7 Å². The number of carbonyl (C=O) groups is 1. The molecule has 0 bridgehead atoms. The number of esters is 1. The lowest BCUT2D eigenvalue weighted by molar-refractivity contribution is -0.164. The van der Waals surface area contributed by atoms with E-state index in [1.165, 1.54) is 25.7 Å². The summed E-state index contributed by atoms with van der Waals surface area (Å²) in [5.74, 6) is 1.23. The fourth-order valence-electron chi connectivity index (χ4n) is 5.65. The number of fused-ring (bicyclic) bond motifs is 3. The van der Waals surface area contributed by atoms with Crippen molar-refractivity contribution in [2.24, 2.45) is 22.7 Å². The number of ether oxygens (including phenoxy) is 1. The lowest BCUT2D eigenvalue weighted by atomic mass is 9.45. The summed E-state index contributed by atoms with van der Waals surface area (Å²) < 4.78 is 5.70. The lowest BCUT2D eigenvalue weighted by Crippen LogP contribution is -2.55. The summed E-state index contributed by atoms with van der Waals surface area (Å²) >= 11 is 0. The average Bonchev–Trinajstić information content (AvgIpc) is 2.53. The van der Waals surface area contributed by atoms with Gasteiger partial charge in [0, 0.05) is 5.92 Å². The van der Waals surface area contributed by atoms with Crippen LogP contribution in [0.25, 0.3) is 0 Å². The van der Waals surface area contributed by atoms with Gasteiger partial charge in [0.05, 0.1) is 6.42 Å². The molecule has 1 saturated heterocycles. The van der Waals surface area contributed by atoms with E-state index < -0.39 is 0 Å². The molecular weight excluding hydrogens is 224 g/mol. The van der Waals surface area contributed by atoms with E-state index in [4.69, 9.17) is 4.74 Å². The highest BCUT2D eigenvalue weighted by Crippen LogP contribution is 2.64. The van der Waals surface area contributed by atoms with Crippen molar-refractivity contribution in [2.45, 2.75) is 71.8 Å². The van der Waals surface area contributed by atoms with Crippen molar-refractivity contribution in [2.75, 3.05) is 0 Å². The minimum absolute atomic E-state index is 0.0350. The van der Waals surface area contributed by atoms with Crippen LogP contribution >= 0.6 is 0 Å². The van der Waals surface area contributed by atoms with E-state index in [2.05, 4.69) is 27.7 Å². The Balaban J connectivity index is 2.00. The molecule has 0 N–H and O–H groups in total. The van der Waals surface area contributed by atoms with Crippen molar-refractivity contribution in [3.05, 3.63) is 0 Å². The molecular formula is C16H26O2. The minimum atomic E-state index is -0.171. The molecule has 0 radical (unpaired) electrons. The van der Waals surface area contributed by atoms with Gasteiger partial charge in [-0.2, -0.15) is 0 Å². The summed E-state index contributed by atoms with van der Waals surface area (Å²) in [7, 11) is 0. The fraction of sp³-hybridized carbons (Fsp3) is 0.938. The standard InChI is InChI=1S/C16H26O2/c1-14(2)7-5-8-15(3)11(14)6-9-16(4)12(15)10-13(17)18-16/h11-12H,5-10H2,1-4H3/t11-,12?,15-,16+/m0/s1. The van der Waals surface area contributed by atoms with Crippen LogP contribution in [0.5, 0.6) is 0 Å². The van der Waals surface area contributed by atoms with E-state index in [9.17, 15) is 4.79 Å². The molecule has 1 aliphatic heterocycles. The summed E-state index contributed by atoms with van der Waals surface area (Å²) in [4.78, 5) is 11.8. The molecule has 102 valence electrons. The number of hydrogen-bond donors (Lipinski definition) is 0. The molecule has 2 heteroatoms. The van der Waals surface area contributed by atoms with Gasteiger partial charge in [-0.15, -0.1) is 0 Å². The van der Waals surface area contributed by atoms with Crippen LogP contribution < -0.4 is 0 Å². The molecule has 18 heavy (non-hydrogen) atoms. The monoisotopic (exact) mass is 250 g/mol. The molecule has 4 atom stereocenters. The SMILES string of the molecule is CC1(C)CCC[C@]2(C)C3CC(=O)O[C@]3(C)CC[C@@H]12. The number of hydrogen-bond acceptors (Lipinski definition) is 2. The van der Waals surface area contributed by atoms with Crippen molar-refractivity contribution >= 4 is 5.97 Å². The molecule has 1 heterocycles. The summed E-state index contributed by atoms with van der Waals surface area (Å²) in [6.45, 7) is 9.46. The Morgan fingerprint density at radius 3 is 2.50 bits per heavy atom. The van der Waals surface area contributed by atoms with Crippen LogP contribution in [0.4, 0.5) is 0 Å². The molecule has 3 aliphatic rings. The van der Waals surface area contributed by atoms with Crippen LogP contribution in [0.2, 0.25) is 0 Å². The average molecular weight is 250 g/mol. The molecule has 0 amide bonds. The lowest BCUT2D eigenvalue weighted by Gasteiger charge is -2.59. The first-order valence-electron chi connectivity index (χ1n) is 7.50. The molecule has 2 aliphatic carbocycles. The maximum atomic E-state index is 11.8. The zero-order valence-electron chi connectivity index (χ0n) is 12.2. The Morgan fingerprint density at radius 1 is 1.06 bits per heavy atom. The number of rotatable bonds is 0. The molecule has 2 saturated carbocycles. The first-order chi connectivity index (χ1) is 8.28. The zero-order valence-corrected chi connectivity index (χ0v) is 12.2. The largest absolute Gasteiger partial charge is 0.459 e. The van der Waals surface area contributed by atoms with Gasteiger partial charge in [-0.05, 0) is 49.4 Å². The Hall–Kier alpha value is -0.530. The highest BCUT2D eigenvalue weighted by molar-refractivity contribution is 5.73. The van der Waals surface area contributed by atoms with Crippen molar-refractivity contribution in [3.8, 4) is 0 Å². The molecule has 0 spiro atoms. The van der Waals surface area contributed by atoms with Crippen molar-refractivity contribution in [1.29, 1.82) is 0 Å². The Labute approximate surface area is 110 Å². The predicted molar refractivity (Wildman–Crippen MR) is 71.1 cm³/mol. The smallest absolute Gasteiger partial charge is 0.306 e. The highest BCUT2D eigenvalue weighted by Gasteiger charge is 2.62. The second-order valence-electron chi connectivity index (χ2n) is 7.98. The molecule has 0 aromatic heterocycles. The third-order valence-corrected chi connectivity index (χ3v) is 6.46. The summed E-state index contributed by atoms with van der Waals surface area (Å²) in [5.41, 5.74) is 0.566. The number of carbonyl (C=O) groups excluding carboxylic acids is 1. The maximum absolute atomic E-state index is 11.8. The molecule has 0 aromatic rings. The normalized spacial score (nSPS) is 50.3. The van der Waals surface area contributed by atoms with Gasteiger partial charge >= 0.3 is 5.97 Å². The second-order valence-corrected chi connectivity index (χ2v) is 7.98. The van der Waals surface area contributed by atoms with Crippen LogP contribution in [-0.2, 0) is 9.53 Å². The van der Waals surface area contributed by atoms with Crippen molar-refractivity contribution in [1.82, 2.24) is 0 Å². The first-order valence-corrected chi connectivity index (χ1v) is 7.50. The Kier molecular flexibility index (Phi) is 2.44. The van der Waals surface area contributed by atoms with Crippen LogP contribution in [0.15, 0.2) is 0 Å². The summed E-state index contributed by atoms with van der Waals surface area (Å²) in [5, 5.41) is 0. The molecule has 1 unspecified atom stereocenters. The van der Waals surface area contributed by atoms with Crippen LogP contribution in [0.3, 0.4) is 0 Å². The fourth-order valence-corrected chi connectivity index (χ4v) is 5.65. The van der Waals surface area contributed by atoms with Gasteiger partial charge in [-0.1, -0.05) is 27.2 Å². The minimum Gasteiger partial charge on any atom is -0.459 e. The van der Waals surface area contributed by atoms with E-state index in [1.54, 1.807) is 0 Å². The van der Waals surface area contributed by atoms with Gasteiger partial charge in [0.1, 0.15) is 5.60 Å². The van der Waals surface area contributed by atoms with Gasteiger partial charge < -0.3 is 4.74 Å². The first kappa shape index (κ1) is 12.5. The third kappa shape index (κ3) is 1.50. The van der Waals surface area contributed by atoms with Gasteiger partial charge in [0.25, 0.3) is 0 Å².